The van der Waals surface area contributed by atoms with E-state index in [4.69, 9.17) is 9.90 Å². The highest BCUT2D eigenvalue weighted by atomic mass is 32.2. The average Bonchev–Trinajstić information content (AvgIpc) is 2.74. The highest BCUT2D eigenvalue weighted by Crippen LogP contribution is 2.18. The first-order chi connectivity index (χ1) is 15.4. The van der Waals surface area contributed by atoms with Crippen LogP contribution in [0, 0.1) is 5.82 Å². The molecule has 1 aromatic heterocycles. The van der Waals surface area contributed by atoms with Crippen LogP contribution in [-0.4, -0.2) is 36.6 Å². The second kappa shape index (κ2) is 10.5. The van der Waals surface area contributed by atoms with Gasteiger partial charge in [-0.25, -0.2) is 22.6 Å². The van der Waals surface area contributed by atoms with Gasteiger partial charge in [0, 0.05) is 11.9 Å². The minimum Gasteiger partial charge on any atom is -0.475 e. The lowest BCUT2D eigenvalue weighted by molar-refractivity contribution is -0.192. The van der Waals surface area contributed by atoms with Gasteiger partial charge >= 0.3 is 12.1 Å². The molecule has 0 radical (unpaired) electrons. The number of benzene rings is 2. The van der Waals surface area contributed by atoms with Crippen LogP contribution in [0.15, 0.2) is 77.8 Å². The lowest BCUT2D eigenvalue weighted by atomic mass is 10.2. The lowest BCUT2D eigenvalue weighted by Crippen LogP contribution is -2.21. The third-order valence-corrected chi connectivity index (χ3v) is 5.06. The van der Waals surface area contributed by atoms with Crippen molar-refractivity contribution in [1.29, 1.82) is 0 Å². The molecule has 0 unspecified atom stereocenters. The summed E-state index contributed by atoms with van der Waals surface area (Å²) in [5.41, 5.74) is 0.246. The van der Waals surface area contributed by atoms with Gasteiger partial charge in [-0.3, -0.25) is 9.52 Å². The summed E-state index contributed by atoms with van der Waals surface area (Å²) in [7, 11) is -3.80. The molecule has 0 saturated carbocycles. The third kappa shape index (κ3) is 7.57. The van der Waals surface area contributed by atoms with Crippen molar-refractivity contribution in [2.24, 2.45) is 0 Å². The number of carbonyl (C=O) groups excluding carboxylic acids is 1. The number of nitrogens with one attached hydrogen (secondary N) is 2. The Morgan fingerprint density at radius 2 is 1.48 bits per heavy atom. The summed E-state index contributed by atoms with van der Waals surface area (Å²) in [6.45, 7) is 0. The quantitative estimate of drug-likeness (QED) is 0.471. The highest BCUT2D eigenvalue weighted by Gasteiger charge is 2.38. The van der Waals surface area contributed by atoms with Crippen LogP contribution in [0.5, 0.6) is 0 Å². The van der Waals surface area contributed by atoms with Crippen LogP contribution in [0.2, 0.25) is 0 Å². The summed E-state index contributed by atoms with van der Waals surface area (Å²) in [4.78, 5) is 24.9. The van der Waals surface area contributed by atoms with Gasteiger partial charge in [0.25, 0.3) is 15.9 Å². The Morgan fingerprint density at radius 3 is 2.00 bits per heavy atom. The molecule has 3 rings (SSSR count). The molecule has 1 amide bonds. The fourth-order valence-electron chi connectivity index (χ4n) is 2.18. The molecule has 174 valence electrons. The zero-order valence-corrected chi connectivity index (χ0v) is 17.2. The first kappa shape index (κ1) is 25.3. The highest BCUT2D eigenvalue weighted by molar-refractivity contribution is 7.92. The summed E-state index contributed by atoms with van der Waals surface area (Å²) in [6.07, 6.45) is -3.61. The second-order valence-electron chi connectivity index (χ2n) is 6.08. The molecule has 13 heteroatoms. The maximum Gasteiger partial charge on any atom is 0.490 e. The van der Waals surface area contributed by atoms with E-state index in [1.807, 2.05) is 0 Å². The van der Waals surface area contributed by atoms with Crippen molar-refractivity contribution in [2.75, 3.05) is 10.0 Å². The van der Waals surface area contributed by atoms with Crippen LogP contribution in [0.25, 0.3) is 0 Å². The van der Waals surface area contributed by atoms with Gasteiger partial charge in [-0.1, -0.05) is 18.2 Å². The van der Waals surface area contributed by atoms with Crippen LogP contribution >= 0.6 is 0 Å². The second-order valence-corrected chi connectivity index (χ2v) is 7.76. The minimum atomic E-state index is -5.08. The Labute approximate surface area is 185 Å². The van der Waals surface area contributed by atoms with E-state index in [0.29, 0.717) is 5.69 Å². The van der Waals surface area contributed by atoms with Crippen molar-refractivity contribution in [2.45, 2.75) is 11.1 Å². The predicted octanol–water partition coefficient (Wildman–Crippen LogP) is 3.91. The molecule has 0 spiro atoms. The molecule has 3 N–H and O–H groups in total. The van der Waals surface area contributed by atoms with Gasteiger partial charge in [-0.15, -0.1) is 0 Å². The number of halogens is 4. The van der Waals surface area contributed by atoms with Gasteiger partial charge in [0.2, 0.25) is 0 Å². The molecule has 0 bridgehead atoms. The number of pyridine rings is 1. The van der Waals surface area contributed by atoms with Crippen molar-refractivity contribution in [3.8, 4) is 0 Å². The number of hydrogen-bond acceptors (Lipinski definition) is 5. The number of aliphatic carboxylic acids is 1. The Balaban J connectivity index is 0.000000479. The van der Waals surface area contributed by atoms with Crippen LogP contribution in [0.4, 0.5) is 29.1 Å². The Hall–Kier alpha value is -4.00. The summed E-state index contributed by atoms with van der Waals surface area (Å²) < 4.78 is 72.3. The van der Waals surface area contributed by atoms with Crippen molar-refractivity contribution in [1.82, 2.24) is 4.98 Å². The number of hydrogen-bond donors (Lipinski definition) is 3. The molecular weight excluding hydrogens is 470 g/mol. The van der Waals surface area contributed by atoms with Crippen LogP contribution in [0.3, 0.4) is 0 Å². The fraction of sp³-hybridized carbons (Fsp3) is 0.0500. The van der Waals surface area contributed by atoms with Crippen molar-refractivity contribution in [3.63, 3.8) is 0 Å². The van der Waals surface area contributed by atoms with Gasteiger partial charge in [0.05, 0.1) is 10.5 Å². The van der Waals surface area contributed by atoms with Crippen LogP contribution in [-0.2, 0) is 14.8 Å². The number of rotatable bonds is 5. The molecule has 8 nitrogen and oxygen atoms in total. The predicted molar refractivity (Wildman–Crippen MR) is 110 cm³/mol. The third-order valence-electron chi connectivity index (χ3n) is 3.69. The molecule has 0 saturated heterocycles. The maximum atomic E-state index is 13.6. The molecule has 0 aliphatic rings. The molecule has 0 aliphatic heterocycles. The minimum absolute atomic E-state index is 0.00652. The molecule has 33 heavy (non-hydrogen) atoms. The van der Waals surface area contributed by atoms with Gasteiger partial charge in [-0.05, 0) is 48.5 Å². The molecule has 0 aliphatic carbocycles. The van der Waals surface area contributed by atoms with Gasteiger partial charge < -0.3 is 10.4 Å². The van der Waals surface area contributed by atoms with E-state index < -0.39 is 33.9 Å². The number of nitrogens with zero attached hydrogens (tertiary/aromatic N) is 1. The van der Waals surface area contributed by atoms with E-state index in [0.717, 1.165) is 0 Å². The van der Waals surface area contributed by atoms with Crippen LogP contribution in [0.1, 0.15) is 10.4 Å². The molecule has 2 aromatic carbocycles. The molecule has 0 atom stereocenters. The van der Waals surface area contributed by atoms with Crippen molar-refractivity contribution in [3.05, 3.63) is 84.3 Å². The monoisotopic (exact) mass is 485 g/mol. The van der Waals surface area contributed by atoms with E-state index in [1.165, 1.54) is 54.7 Å². The summed E-state index contributed by atoms with van der Waals surface area (Å²) in [6, 6.07) is 16.0. The summed E-state index contributed by atoms with van der Waals surface area (Å²) >= 11 is 0. The van der Waals surface area contributed by atoms with E-state index in [-0.39, 0.29) is 16.3 Å². The Kier molecular flexibility index (Phi) is 8.07. The number of sulfonamides is 1. The van der Waals surface area contributed by atoms with Gasteiger partial charge in [0.1, 0.15) is 11.6 Å². The number of carboxylic acid groups (broad SMARTS) is 1. The zero-order valence-electron chi connectivity index (χ0n) is 16.4. The standard InChI is InChI=1S/C18H14FN3O3S.C2HF3O2/c19-16-6-2-1-5-15(16)18(23)21-13-8-10-14(11-9-13)26(24,25)22-17-7-3-4-12-20-17;3-2(4,5)1(6)7/h1-12H,(H,20,22)(H,21,23);(H,6,7). The molecule has 1 heterocycles. The van der Waals surface area contributed by atoms with Crippen LogP contribution < -0.4 is 10.0 Å². The largest absolute Gasteiger partial charge is 0.490 e. The first-order valence-electron chi connectivity index (χ1n) is 8.80. The number of aromatic nitrogens is 1. The topological polar surface area (TPSA) is 125 Å². The zero-order chi connectivity index (χ0) is 24.6. The summed E-state index contributed by atoms with van der Waals surface area (Å²) in [5, 5.41) is 9.65. The fourth-order valence-corrected chi connectivity index (χ4v) is 3.19. The molecule has 3 aromatic rings. The van der Waals surface area contributed by atoms with Crippen molar-refractivity contribution < 1.29 is 40.7 Å². The van der Waals surface area contributed by atoms with Gasteiger partial charge in [0.15, 0.2) is 0 Å². The molecule has 0 fully saturated rings. The van der Waals surface area contributed by atoms with E-state index in [1.54, 1.807) is 18.2 Å². The first-order valence-corrected chi connectivity index (χ1v) is 10.3. The van der Waals surface area contributed by atoms with Crippen molar-refractivity contribution >= 4 is 33.4 Å². The smallest absolute Gasteiger partial charge is 0.475 e. The Bertz CT molecular complexity index is 1220. The number of alkyl halides is 3. The van der Waals surface area contributed by atoms with Gasteiger partial charge in [-0.2, -0.15) is 13.2 Å². The van der Waals surface area contributed by atoms with E-state index >= 15 is 0 Å². The van der Waals surface area contributed by atoms with E-state index in [2.05, 4.69) is 15.0 Å². The maximum absolute atomic E-state index is 13.6. The summed E-state index contributed by atoms with van der Waals surface area (Å²) in [5.74, 6) is -3.81. The number of carbonyl (C=O) groups is 2. The number of anilines is 2. The average molecular weight is 485 g/mol. The number of carboxylic acids is 1. The number of amides is 1. The SMILES string of the molecule is O=C(Nc1ccc(S(=O)(=O)Nc2ccccn2)cc1)c1ccccc1F.O=C(O)C(F)(F)F. The Morgan fingerprint density at radius 1 is 0.909 bits per heavy atom. The normalized spacial score (nSPS) is 11.0. The lowest BCUT2D eigenvalue weighted by Gasteiger charge is -2.09. The van der Waals surface area contributed by atoms with E-state index in [9.17, 15) is 30.8 Å². The molecular formula is C20H15F4N3O5S.